The number of carboxylic acid groups (broad SMARTS) is 1. The molecule has 2 rings (SSSR count). The van der Waals surface area contributed by atoms with Gasteiger partial charge in [0.25, 0.3) is 0 Å². The Morgan fingerprint density at radius 2 is 1.76 bits per heavy atom. The Bertz CT molecular complexity index is 668. The van der Waals surface area contributed by atoms with Gasteiger partial charge in [0.2, 0.25) is 11.8 Å². The number of aliphatic carboxylic acids is 1. The Morgan fingerprint density at radius 3 is 2.41 bits per heavy atom. The normalized spacial score (nSPS) is 15.4. The molecular formula is C22H32N2O5. The third-order valence-electron chi connectivity index (χ3n) is 5.42. The highest BCUT2D eigenvalue weighted by molar-refractivity contribution is 5.90. The van der Waals surface area contributed by atoms with Crippen molar-refractivity contribution in [3.05, 3.63) is 29.8 Å². The Kier molecular flexibility index (Phi) is 9.47. The molecule has 1 aliphatic rings. The molecule has 0 spiro atoms. The van der Waals surface area contributed by atoms with Crippen molar-refractivity contribution >= 4 is 17.8 Å². The molecule has 0 heterocycles. The van der Waals surface area contributed by atoms with E-state index in [9.17, 15) is 19.5 Å². The fourth-order valence-corrected chi connectivity index (χ4v) is 3.79. The lowest BCUT2D eigenvalue weighted by molar-refractivity contribution is -0.140. The van der Waals surface area contributed by atoms with Crippen LogP contribution in [-0.2, 0) is 20.8 Å². The van der Waals surface area contributed by atoms with Gasteiger partial charge in [-0.15, -0.1) is 0 Å². The molecule has 7 heteroatoms. The van der Waals surface area contributed by atoms with Crippen molar-refractivity contribution in [2.45, 2.75) is 70.3 Å². The Hall–Kier alpha value is -2.57. The number of amides is 2. The summed E-state index contributed by atoms with van der Waals surface area (Å²) in [5, 5.41) is 23.6. The first-order valence-electron chi connectivity index (χ1n) is 10.5. The van der Waals surface area contributed by atoms with Crippen LogP contribution in [0, 0.1) is 5.92 Å². The summed E-state index contributed by atoms with van der Waals surface area (Å²) < 4.78 is 0. The van der Waals surface area contributed by atoms with Gasteiger partial charge in [-0.2, -0.15) is 0 Å². The van der Waals surface area contributed by atoms with Crippen molar-refractivity contribution < 1.29 is 24.6 Å². The van der Waals surface area contributed by atoms with E-state index in [-0.39, 0.29) is 11.7 Å². The fourth-order valence-electron chi connectivity index (χ4n) is 3.79. The molecule has 4 N–H and O–H groups in total. The third kappa shape index (κ3) is 8.98. The zero-order valence-electron chi connectivity index (χ0n) is 16.9. The molecule has 1 fully saturated rings. The number of carbonyl (C=O) groups excluding carboxylic acids is 2. The number of carbonyl (C=O) groups is 3. The summed E-state index contributed by atoms with van der Waals surface area (Å²) >= 11 is 0. The average molecular weight is 405 g/mol. The summed E-state index contributed by atoms with van der Waals surface area (Å²) in [6.07, 6.45) is 8.47. The molecule has 0 aliphatic heterocycles. The van der Waals surface area contributed by atoms with Gasteiger partial charge in [0.15, 0.2) is 0 Å². The van der Waals surface area contributed by atoms with Crippen LogP contribution < -0.4 is 10.6 Å². The lowest BCUT2D eigenvalue weighted by Crippen LogP contribution is -2.48. The van der Waals surface area contributed by atoms with Gasteiger partial charge >= 0.3 is 5.97 Å². The van der Waals surface area contributed by atoms with Crippen molar-refractivity contribution in [2.75, 3.05) is 6.54 Å². The molecule has 2 amide bonds. The van der Waals surface area contributed by atoms with E-state index in [1.165, 1.54) is 32.1 Å². The second-order valence-corrected chi connectivity index (χ2v) is 7.82. The summed E-state index contributed by atoms with van der Waals surface area (Å²) in [6, 6.07) is 5.57. The first-order valence-corrected chi connectivity index (χ1v) is 10.5. The standard InChI is InChI=1S/C22H32N2O5/c25-18-11-9-17(10-12-18)13-14-23-22(29)19(15-21(27)28)24-20(26)8-4-7-16-5-2-1-3-6-16/h9-12,16,19,25H,1-8,13-15H2,(H,23,29)(H,24,26)(H,27,28). The highest BCUT2D eigenvalue weighted by atomic mass is 16.4. The predicted molar refractivity (Wildman–Crippen MR) is 109 cm³/mol. The summed E-state index contributed by atoms with van der Waals surface area (Å²) in [6.45, 7) is 0.317. The minimum atomic E-state index is -1.13. The topological polar surface area (TPSA) is 116 Å². The molecule has 1 aliphatic carbocycles. The molecule has 0 saturated heterocycles. The van der Waals surface area contributed by atoms with Gasteiger partial charge in [-0.25, -0.2) is 0 Å². The van der Waals surface area contributed by atoms with Crippen LogP contribution in [0.15, 0.2) is 24.3 Å². The minimum absolute atomic E-state index is 0.172. The maximum atomic E-state index is 12.4. The summed E-state index contributed by atoms with van der Waals surface area (Å²) in [7, 11) is 0. The molecular weight excluding hydrogens is 372 g/mol. The molecule has 0 bridgehead atoms. The number of phenols is 1. The van der Waals surface area contributed by atoms with E-state index in [0.717, 1.165) is 18.4 Å². The Balaban J connectivity index is 1.73. The van der Waals surface area contributed by atoms with Gasteiger partial charge in [-0.1, -0.05) is 44.2 Å². The highest BCUT2D eigenvalue weighted by Gasteiger charge is 2.23. The molecule has 1 unspecified atom stereocenters. The van der Waals surface area contributed by atoms with Crippen LogP contribution in [0.1, 0.15) is 63.4 Å². The van der Waals surface area contributed by atoms with E-state index < -0.39 is 24.3 Å². The maximum Gasteiger partial charge on any atom is 0.305 e. The van der Waals surface area contributed by atoms with Crippen LogP contribution in [-0.4, -0.2) is 40.6 Å². The molecule has 7 nitrogen and oxygen atoms in total. The number of rotatable bonds is 11. The van der Waals surface area contributed by atoms with Crippen LogP contribution in [0.5, 0.6) is 5.75 Å². The Labute approximate surface area is 171 Å². The van der Waals surface area contributed by atoms with Crippen LogP contribution >= 0.6 is 0 Å². The quantitative estimate of drug-likeness (QED) is 0.453. The largest absolute Gasteiger partial charge is 0.508 e. The summed E-state index contributed by atoms with van der Waals surface area (Å²) in [4.78, 5) is 35.6. The third-order valence-corrected chi connectivity index (χ3v) is 5.42. The van der Waals surface area contributed by atoms with Crippen molar-refractivity contribution in [1.29, 1.82) is 0 Å². The molecule has 29 heavy (non-hydrogen) atoms. The Morgan fingerprint density at radius 1 is 1.07 bits per heavy atom. The number of benzene rings is 1. The van der Waals surface area contributed by atoms with E-state index in [0.29, 0.717) is 25.3 Å². The summed E-state index contributed by atoms with van der Waals surface area (Å²) in [5.41, 5.74) is 0.935. The number of aromatic hydroxyl groups is 1. The number of phenolic OH excluding ortho intramolecular Hbond substituents is 1. The van der Waals surface area contributed by atoms with Crippen LogP contribution in [0.4, 0.5) is 0 Å². The number of hydrogen-bond acceptors (Lipinski definition) is 4. The predicted octanol–water partition coefficient (Wildman–Crippen LogP) is 2.76. The SMILES string of the molecule is O=C(O)CC(NC(=O)CCCC1CCCCC1)C(=O)NCCc1ccc(O)cc1. The molecule has 0 radical (unpaired) electrons. The van der Waals surface area contributed by atoms with E-state index in [2.05, 4.69) is 10.6 Å². The molecule has 1 saturated carbocycles. The van der Waals surface area contributed by atoms with E-state index >= 15 is 0 Å². The average Bonchev–Trinajstić information content (AvgIpc) is 2.69. The second kappa shape index (κ2) is 12.1. The fraction of sp³-hybridized carbons (Fsp3) is 0.591. The van der Waals surface area contributed by atoms with Gasteiger partial charge in [-0.05, 0) is 42.9 Å². The molecule has 1 atom stereocenters. The zero-order valence-corrected chi connectivity index (χ0v) is 16.9. The van der Waals surface area contributed by atoms with Crippen LogP contribution in [0.3, 0.4) is 0 Å². The van der Waals surface area contributed by atoms with E-state index in [1.807, 2.05) is 0 Å². The summed E-state index contributed by atoms with van der Waals surface area (Å²) in [5.74, 6) is -1.04. The van der Waals surface area contributed by atoms with Crippen LogP contribution in [0.25, 0.3) is 0 Å². The van der Waals surface area contributed by atoms with Crippen molar-refractivity contribution in [2.24, 2.45) is 5.92 Å². The van der Waals surface area contributed by atoms with Crippen molar-refractivity contribution in [3.8, 4) is 5.75 Å². The monoisotopic (exact) mass is 404 g/mol. The van der Waals surface area contributed by atoms with Gasteiger partial charge in [0.05, 0.1) is 6.42 Å². The minimum Gasteiger partial charge on any atom is -0.508 e. The number of nitrogens with one attached hydrogen (secondary N) is 2. The first-order chi connectivity index (χ1) is 13.9. The first kappa shape index (κ1) is 22.7. The highest BCUT2D eigenvalue weighted by Crippen LogP contribution is 2.27. The van der Waals surface area contributed by atoms with Crippen molar-refractivity contribution in [3.63, 3.8) is 0 Å². The van der Waals surface area contributed by atoms with Gasteiger partial charge in [0, 0.05) is 13.0 Å². The lowest BCUT2D eigenvalue weighted by Gasteiger charge is -2.21. The maximum absolute atomic E-state index is 12.4. The van der Waals surface area contributed by atoms with Gasteiger partial charge in [0.1, 0.15) is 11.8 Å². The molecule has 1 aromatic rings. The number of hydrogen-bond donors (Lipinski definition) is 4. The molecule has 160 valence electrons. The van der Waals surface area contributed by atoms with Gasteiger partial charge < -0.3 is 20.8 Å². The second-order valence-electron chi connectivity index (χ2n) is 7.82. The smallest absolute Gasteiger partial charge is 0.305 e. The van der Waals surface area contributed by atoms with E-state index in [1.54, 1.807) is 24.3 Å². The zero-order chi connectivity index (χ0) is 21.1. The van der Waals surface area contributed by atoms with Gasteiger partial charge in [-0.3, -0.25) is 14.4 Å². The van der Waals surface area contributed by atoms with Crippen molar-refractivity contribution in [1.82, 2.24) is 10.6 Å². The van der Waals surface area contributed by atoms with E-state index in [4.69, 9.17) is 5.11 Å². The molecule has 1 aromatic carbocycles. The number of carboxylic acids is 1. The lowest BCUT2D eigenvalue weighted by atomic mass is 9.86. The van der Waals surface area contributed by atoms with Crippen LogP contribution in [0.2, 0.25) is 0 Å². The molecule has 0 aromatic heterocycles.